The SMILES string of the molecule is COc1ccc([C@H](Cc2c(Cl)c[n+]([O-])cc2Cl)c2cc(CNC(C(=O)OC[C@@H]3CN4CCC3CC4)c3ccccc3)sc2C(=O)O)cc1OC. The maximum atomic E-state index is 13.6. The predicted molar refractivity (Wildman–Crippen MR) is 191 cm³/mol. The molecule has 0 spiro atoms. The van der Waals surface area contributed by atoms with E-state index in [1.807, 2.05) is 42.5 Å². The summed E-state index contributed by atoms with van der Waals surface area (Å²) in [4.78, 5) is 29.7. The van der Waals surface area contributed by atoms with E-state index < -0.39 is 17.9 Å². The number of carboxylic acids is 1. The van der Waals surface area contributed by atoms with Crippen LogP contribution in [-0.4, -0.2) is 62.4 Å². The predicted octanol–water partition coefficient (Wildman–Crippen LogP) is 6.49. The van der Waals surface area contributed by atoms with E-state index in [1.165, 1.54) is 26.6 Å². The molecule has 0 radical (unpaired) electrons. The third-order valence-corrected chi connectivity index (χ3v) is 11.5. The number of hydrogen-bond donors (Lipinski definition) is 2. The number of esters is 1. The summed E-state index contributed by atoms with van der Waals surface area (Å²) in [6.07, 6.45) is 4.90. The van der Waals surface area contributed by atoms with Crippen LogP contribution in [0.25, 0.3) is 0 Å². The molecular formula is C37H39Cl2N3O7S. The number of aromatic carboxylic acids is 1. The zero-order valence-electron chi connectivity index (χ0n) is 27.8. The Hall–Kier alpha value is -3.87. The first-order valence-electron chi connectivity index (χ1n) is 16.5. The minimum absolute atomic E-state index is 0.129. The Morgan fingerprint density at radius 1 is 1.02 bits per heavy atom. The van der Waals surface area contributed by atoms with Crippen molar-refractivity contribution in [3.63, 3.8) is 0 Å². The van der Waals surface area contributed by atoms with Gasteiger partial charge in [0.25, 0.3) is 0 Å². The summed E-state index contributed by atoms with van der Waals surface area (Å²) in [6, 6.07) is 15.9. The van der Waals surface area contributed by atoms with E-state index in [1.54, 1.807) is 12.1 Å². The van der Waals surface area contributed by atoms with Crippen molar-refractivity contribution in [2.24, 2.45) is 11.8 Å². The fourth-order valence-electron chi connectivity index (χ4n) is 7.11. The van der Waals surface area contributed by atoms with Gasteiger partial charge in [-0.25, -0.2) is 9.59 Å². The molecule has 5 heterocycles. The normalized spacial score (nSPS) is 19.5. The van der Waals surface area contributed by atoms with Crippen molar-refractivity contribution in [1.29, 1.82) is 0 Å². The number of carboxylic acid groups (broad SMARTS) is 1. The number of nitrogens with one attached hydrogen (secondary N) is 1. The minimum Gasteiger partial charge on any atom is -0.619 e. The number of nitrogens with zero attached hydrogens (tertiary/aromatic N) is 2. The van der Waals surface area contributed by atoms with Gasteiger partial charge in [-0.05, 0) is 73.2 Å². The Balaban J connectivity index is 1.29. The zero-order valence-corrected chi connectivity index (χ0v) is 30.1. The molecule has 3 saturated heterocycles. The van der Waals surface area contributed by atoms with Gasteiger partial charge >= 0.3 is 11.9 Å². The lowest BCUT2D eigenvalue weighted by molar-refractivity contribution is -0.605. The van der Waals surface area contributed by atoms with Crippen molar-refractivity contribution in [2.45, 2.75) is 37.8 Å². The Bertz CT molecular complexity index is 1810. The highest BCUT2D eigenvalue weighted by molar-refractivity contribution is 7.14. The third-order valence-electron chi connectivity index (χ3n) is 9.74. The zero-order chi connectivity index (χ0) is 35.4. The number of fused-ring (bicyclic) bond motifs is 3. The van der Waals surface area contributed by atoms with Crippen molar-refractivity contribution >= 4 is 46.5 Å². The van der Waals surface area contributed by atoms with Crippen molar-refractivity contribution in [3.05, 3.63) is 114 Å². The number of piperidine rings is 3. The van der Waals surface area contributed by atoms with Crippen molar-refractivity contribution < 1.29 is 33.6 Å². The summed E-state index contributed by atoms with van der Waals surface area (Å²) in [5, 5.41) is 26.1. The average molecular weight is 741 g/mol. The van der Waals surface area contributed by atoms with Crippen LogP contribution in [0.15, 0.2) is 67.0 Å². The molecule has 3 aliphatic heterocycles. The van der Waals surface area contributed by atoms with E-state index in [-0.39, 0.29) is 33.9 Å². The van der Waals surface area contributed by atoms with Crippen LogP contribution in [0.2, 0.25) is 10.0 Å². The Labute approximate surface area is 305 Å². The molecule has 0 aliphatic carbocycles. The quantitative estimate of drug-likeness (QED) is 0.0848. The van der Waals surface area contributed by atoms with Gasteiger partial charge in [-0.2, -0.15) is 4.73 Å². The van der Waals surface area contributed by atoms with E-state index in [4.69, 9.17) is 37.4 Å². The number of rotatable bonds is 14. The summed E-state index contributed by atoms with van der Waals surface area (Å²) in [5.74, 6) is -0.130. The molecule has 3 atom stereocenters. The number of pyridine rings is 1. The van der Waals surface area contributed by atoms with Gasteiger partial charge in [0.05, 0.1) is 20.8 Å². The van der Waals surface area contributed by atoms with Crippen LogP contribution in [0.5, 0.6) is 11.5 Å². The average Bonchev–Trinajstić information content (AvgIpc) is 3.55. The first-order valence-corrected chi connectivity index (χ1v) is 18.0. The molecule has 13 heteroatoms. The third kappa shape index (κ3) is 8.03. The second-order valence-corrected chi connectivity index (χ2v) is 14.7. The molecule has 7 rings (SSSR count). The van der Waals surface area contributed by atoms with E-state index in [0.717, 1.165) is 54.9 Å². The molecule has 264 valence electrons. The molecule has 1 unspecified atom stereocenters. The highest BCUT2D eigenvalue weighted by Gasteiger charge is 2.35. The number of hydrogen-bond acceptors (Lipinski definition) is 9. The maximum Gasteiger partial charge on any atom is 0.346 e. The molecule has 10 nitrogen and oxygen atoms in total. The number of methoxy groups -OCH3 is 2. The van der Waals surface area contributed by atoms with E-state index in [9.17, 15) is 19.9 Å². The number of aromatic nitrogens is 1. The molecule has 2 bridgehead atoms. The topological polar surface area (TPSA) is 124 Å². The molecule has 50 heavy (non-hydrogen) atoms. The highest BCUT2D eigenvalue weighted by Crippen LogP contribution is 2.41. The van der Waals surface area contributed by atoms with Gasteiger partial charge in [0.2, 0.25) is 0 Å². The maximum absolute atomic E-state index is 13.6. The Morgan fingerprint density at radius 2 is 1.72 bits per heavy atom. The standard InChI is InChI=1S/C37H39Cl2N3O7S/c1-47-32-9-8-24(14-33(32)48-2)27(16-29-30(38)19-42(46)20-31(29)39)28-15-26(50-35(28)36(43)44)17-40-34(23-6-4-3-5-7-23)37(45)49-21-25-18-41-12-10-22(25)11-13-41/h3-9,14-15,19-20,22,25,27,34,40H,10-13,16-18,21H2,1-2H3,(H,43,44)/t25-,27-,34?/m0/s1. The molecule has 3 fully saturated rings. The summed E-state index contributed by atoms with van der Waals surface area (Å²) < 4.78 is 17.5. The molecular weight excluding hydrogens is 701 g/mol. The number of ether oxygens (including phenoxy) is 3. The van der Waals surface area contributed by atoms with Crippen molar-refractivity contribution in [1.82, 2.24) is 10.2 Å². The van der Waals surface area contributed by atoms with Crippen LogP contribution in [0.3, 0.4) is 0 Å². The summed E-state index contributed by atoms with van der Waals surface area (Å²) in [7, 11) is 3.06. The lowest BCUT2D eigenvalue weighted by Gasteiger charge is -2.44. The fraction of sp³-hybridized carbons (Fsp3) is 0.378. The largest absolute Gasteiger partial charge is 0.619 e. The van der Waals surface area contributed by atoms with Crippen molar-refractivity contribution in [3.8, 4) is 11.5 Å². The Kier molecular flexibility index (Phi) is 11.5. The molecule has 3 aliphatic rings. The van der Waals surface area contributed by atoms with E-state index in [2.05, 4.69) is 10.2 Å². The first-order chi connectivity index (χ1) is 24.1. The number of halogens is 2. The fourth-order valence-corrected chi connectivity index (χ4v) is 8.72. The van der Waals surface area contributed by atoms with Crippen LogP contribution < -0.4 is 19.5 Å². The molecule has 2 aromatic heterocycles. The van der Waals surface area contributed by atoms with Crippen LogP contribution in [-0.2, 0) is 22.5 Å². The second kappa shape index (κ2) is 16.0. The van der Waals surface area contributed by atoms with Crippen LogP contribution in [0.1, 0.15) is 61.6 Å². The van der Waals surface area contributed by atoms with Gasteiger partial charge in [-0.3, -0.25) is 5.32 Å². The summed E-state index contributed by atoms with van der Waals surface area (Å²) in [6.45, 7) is 3.77. The molecule has 2 aromatic carbocycles. The number of benzene rings is 2. The second-order valence-electron chi connectivity index (χ2n) is 12.7. The smallest absolute Gasteiger partial charge is 0.346 e. The van der Waals surface area contributed by atoms with Gasteiger partial charge in [0, 0.05) is 35.4 Å². The molecule has 0 saturated carbocycles. The number of thiophene rings is 1. The lowest BCUT2D eigenvalue weighted by Crippen LogP contribution is -2.49. The van der Waals surface area contributed by atoms with Gasteiger partial charge in [-0.15, -0.1) is 11.3 Å². The molecule has 0 amide bonds. The summed E-state index contributed by atoms with van der Waals surface area (Å²) in [5.41, 5.74) is 2.51. The number of carbonyl (C=O) groups excluding carboxylic acids is 1. The monoisotopic (exact) mass is 739 g/mol. The summed E-state index contributed by atoms with van der Waals surface area (Å²) >= 11 is 14.2. The number of carbonyl (C=O) groups is 2. The van der Waals surface area contributed by atoms with Crippen LogP contribution in [0.4, 0.5) is 0 Å². The van der Waals surface area contributed by atoms with Crippen LogP contribution in [0, 0.1) is 17.0 Å². The van der Waals surface area contributed by atoms with Crippen LogP contribution >= 0.6 is 34.5 Å². The Morgan fingerprint density at radius 3 is 2.34 bits per heavy atom. The molecule has 2 N–H and O–H groups in total. The van der Waals surface area contributed by atoms with E-state index in [0.29, 0.717) is 50.7 Å². The minimum atomic E-state index is -1.10. The lowest BCUT2D eigenvalue weighted by atomic mass is 9.79. The van der Waals surface area contributed by atoms with E-state index >= 15 is 0 Å². The van der Waals surface area contributed by atoms with Gasteiger partial charge < -0.3 is 29.4 Å². The van der Waals surface area contributed by atoms with Gasteiger partial charge in [0.15, 0.2) is 23.9 Å². The van der Waals surface area contributed by atoms with Crippen molar-refractivity contribution in [2.75, 3.05) is 40.5 Å². The molecule has 4 aromatic rings. The highest BCUT2D eigenvalue weighted by atomic mass is 35.5. The van der Waals surface area contributed by atoms with Gasteiger partial charge in [-0.1, -0.05) is 59.6 Å². The van der Waals surface area contributed by atoms with Gasteiger partial charge in [0.1, 0.15) is 21.0 Å². The first kappa shape index (κ1) is 35.9.